The van der Waals surface area contributed by atoms with Crippen LogP contribution in [0.1, 0.15) is 5.56 Å². The summed E-state index contributed by atoms with van der Waals surface area (Å²) in [5.74, 6) is -0.211. The van der Waals surface area contributed by atoms with Crippen molar-refractivity contribution >= 4 is 45.5 Å². The second-order valence-electron chi connectivity index (χ2n) is 10.3. The molecule has 2 aromatic heterocycles. The third kappa shape index (κ3) is 5.08. The molecule has 3 fully saturated rings. The van der Waals surface area contributed by atoms with E-state index in [1.165, 1.54) is 6.07 Å². The van der Waals surface area contributed by atoms with Crippen LogP contribution in [-0.4, -0.2) is 100 Å². The van der Waals surface area contributed by atoms with Gasteiger partial charge in [-0.05, 0) is 13.0 Å². The molecule has 3 aliphatic rings. The highest BCUT2D eigenvalue weighted by Gasteiger charge is 2.27. The largest absolute Gasteiger partial charge is 0.378 e. The SMILES string of the molecule is Cc1c(N2CCN(C)C(=O)C2)nc2cc(F)cc(F)c2c1Nc1cc(N2CCOCC2)cnc1N1CCOCC1. The normalized spacial score (nSPS) is 18.6. The van der Waals surface area contributed by atoms with Crippen molar-refractivity contribution in [2.24, 2.45) is 0 Å². The van der Waals surface area contributed by atoms with E-state index in [-0.39, 0.29) is 23.4 Å². The Morgan fingerprint density at radius 1 is 0.875 bits per heavy atom. The first-order valence-electron chi connectivity index (χ1n) is 13.6. The van der Waals surface area contributed by atoms with E-state index in [0.29, 0.717) is 75.4 Å². The summed E-state index contributed by atoms with van der Waals surface area (Å²) in [6.07, 6.45) is 1.86. The predicted molar refractivity (Wildman–Crippen MR) is 150 cm³/mol. The molecule has 0 saturated carbocycles. The van der Waals surface area contributed by atoms with Gasteiger partial charge in [-0.15, -0.1) is 0 Å². The van der Waals surface area contributed by atoms with Crippen LogP contribution < -0.4 is 20.0 Å². The number of piperazine rings is 1. The second kappa shape index (κ2) is 11.0. The Morgan fingerprint density at radius 3 is 2.27 bits per heavy atom. The van der Waals surface area contributed by atoms with Gasteiger partial charge in [0.15, 0.2) is 5.82 Å². The van der Waals surface area contributed by atoms with Gasteiger partial charge in [-0.25, -0.2) is 18.7 Å². The molecule has 1 N–H and O–H groups in total. The number of likely N-dealkylation sites (N-methyl/N-ethyl adjacent to an activating group) is 1. The first-order chi connectivity index (χ1) is 19.4. The smallest absolute Gasteiger partial charge is 0.241 e. The molecule has 0 aliphatic carbocycles. The molecular formula is C28H33F2N7O3. The standard InChI is InChI=1S/C28H33F2N7O3/c1-18-26(25-21(30)13-19(29)14-22(25)33-27(18)37-4-3-34(2)24(38)17-37)32-23-15-20(35-5-9-39-10-6-35)16-31-28(23)36-7-11-40-12-8-36/h13-16H,3-12,17H2,1-2H3,(H,32,33). The Labute approximate surface area is 231 Å². The molecule has 6 rings (SSSR count). The Bertz CT molecular complexity index is 1430. The van der Waals surface area contributed by atoms with E-state index >= 15 is 4.39 Å². The monoisotopic (exact) mass is 553 g/mol. The van der Waals surface area contributed by atoms with Crippen LogP contribution in [0.2, 0.25) is 0 Å². The lowest BCUT2D eigenvalue weighted by Crippen LogP contribution is -2.49. The average molecular weight is 554 g/mol. The maximum absolute atomic E-state index is 15.4. The van der Waals surface area contributed by atoms with E-state index < -0.39 is 11.6 Å². The van der Waals surface area contributed by atoms with Crippen molar-refractivity contribution in [1.29, 1.82) is 0 Å². The number of fused-ring (bicyclic) bond motifs is 1. The molecule has 3 aromatic rings. The number of carbonyl (C=O) groups excluding carboxylic acids is 1. The zero-order chi connectivity index (χ0) is 27.8. The van der Waals surface area contributed by atoms with Crippen LogP contribution in [0.4, 0.5) is 37.5 Å². The molecule has 212 valence electrons. The highest BCUT2D eigenvalue weighted by Crippen LogP contribution is 2.39. The topological polar surface area (TPSA) is 86.3 Å². The fraction of sp³-hybridized carbons (Fsp3) is 0.464. The predicted octanol–water partition coefficient (Wildman–Crippen LogP) is 2.91. The summed E-state index contributed by atoms with van der Waals surface area (Å²) in [6, 6.07) is 4.13. The number of nitrogens with zero attached hydrogens (tertiary/aromatic N) is 6. The molecule has 3 saturated heterocycles. The fourth-order valence-corrected chi connectivity index (χ4v) is 5.49. The van der Waals surface area contributed by atoms with Crippen LogP contribution in [0.5, 0.6) is 0 Å². The molecule has 0 atom stereocenters. The number of morpholine rings is 2. The van der Waals surface area contributed by atoms with E-state index in [4.69, 9.17) is 14.5 Å². The van der Waals surface area contributed by atoms with E-state index in [1.54, 1.807) is 11.9 Å². The summed E-state index contributed by atoms with van der Waals surface area (Å²) >= 11 is 0. The number of rotatable bonds is 5. The first kappa shape index (κ1) is 26.5. The first-order valence-corrected chi connectivity index (χ1v) is 13.6. The molecule has 5 heterocycles. The molecule has 0 unspecified atom stereocenters. The molecule has 1 aromatic carbocycles. The van der Waals surface area contributed by atoms with Gasteiger partial charge in [0.05, 0.1) is 67.1 Å². The molecule has 0 radical (unpaired) electrons. The van der Waals surface area contributed by atoms with Gasteiger partial charge < -0.3 is 34.4 Å². The van der Waals surface area contributed by atoms with Crippen molar-refractivity contribution in [2.75, 3.05) is 99.3 Å². The van der Waals surface area contributed by atoms with Crippen LogP contribution in [0.25, 0.3) is 10.9 Å². The van der Waals surface area contributed by atoms with Crippen LogP contribution in [0.15, 0.2) is 24.4 Å². The summed E-state index contributed by atoms with van der Waals surface area (Å²) < 4.78 is 40.9. The molecule has 0 spiro atoms. The number of amides is 1. The van der Waals surface area contributed by atoms with Crippen molar-refractivity contribution in [3.8, 4) is 0 Å². The molecule has 1 amide bonds. The van der Waals surface area contributed by atoms with E-state index in [9.17, 15) is 9.18 Å². The summed E-state index contributed by atoms with van der Waals surface area (Å²) in [4.78, 5) is 29.9. The number of halogens is 2. The maximum Gasteiger partial charge on any atom is 0.241 e. The van der Waals surface area contributed by atoms with Crippen LogP contribution >= 0.6 is 0 Å². The lowest BCUT2D eigenvalue weighted by molar-refractivity contribution is -0.129. The van der Waals surface area contributed by atoms with Crippen molar-refractivity contribution in [2.45, 2.75) is 6.92 Å². The molecule has 3 aliphatic heterocycles. The molecule has 40 heavy (non-hydrogen) atoms. The van der Waals surface area contributed by atoms with Gasteiger partial charge >= 0.3 is 0 Å². The summed E-state index contributed by atoms with van der Waals surface area (Å²) in [6.45, 7) is 8.33. The van der Waals surface area contributed by atoms with Crippen molar-refractivity contribution in [3.63, 3.8) is 0 Å². The highest BCUT2D eigenvalue weighted by atomic mass is 19.1. The van der Waals surface area contributed by atoms with E-state index in [2.05, 4.69) is 20.1 Å². The zero-order valence-electron chi connectivity index (χ0n) is 22.8. The van der Waals surface area contributed by atoms with Crippen LogP contribution in [-0.2, 0) is 14.3 Å². The number of pyridine rings is 2. The Kier molecular flexibility index (Phi) is 7.28. The van der Waals surface area contributed by atoms with Crippen molar-refractivity contribution in [1.82, 2.24) is 14.9 Å². The quantitative estimate of drug-likeness (QED) is 0.513. The van der Waals surface area contributed by atoms with E-state index in [0.717, 1.165) is 30.7 Å². The molecular weight excluding hydrogens is 520 g/mol. The molecule has 12 heteroatoms. The van der Waals surface area contributed by atoms with Gasteiger partial charge in [0.1, 0.15) is 17.5 Å². The number of hydrogen-bond acceptors (Lipinski definition) is 9. The Hall–Kier alpha value is -3.77. The van der Waals surface area contributed by atoms with Gasteiger partial charge in [-0.2, -0.15) is 0 Å². The fourth-order valence-electron chi connectivity index (χ4n) is 5.49. The third-order valence-corrected chi connectivity index (χ3v) is 7.78. The Balaban J connectivity index is 1.48. The second-order valence-corrected chi connectivity index (χ2v) is 10.3. The highest BCUT2D eigenvalue weighted by molar-refractivity contribution is 5.99. The third-order valence-electron chi connectivity index (χ3n) is 7.78. The minimum Gasteiger partial charge on any atom is -0.378 e. The van der Waals surface area contributed by atoms with Gasteiger partial charge in [0.25, 0.3) is 0 Å². The lowest BCUT2D eigenvalue weighted by Gasteiger charge is -2.34. The molecule has 0 bridgehead atoms. The maximum atomic E-state index is 15.4. The average Bonchev–Trinajstić information content (AvgIpc) is 2.96. The summed E-state index contributed by atoms with van der Waals surface area (Å²) in [5.41, 5.74) is 2.94. The zero-order valence-corrected chi connectivity index (χ0v) is 22.8. The number of benzene rings is 1. The summed E-state index contributed by atoms with van der Waals surface area (Å²) in [7, 11) is 1.76. The molecule has 10 nitrogen and oxygen atoms in total. The number of aromatic nitrogens is 2. The van der Waals surface area contributed by atoms with Gasteiger partial charge in [0, 0.05) is 64.0 Å². The number of ether oxygens (including phenoxy) is 2. The van der Waals surface area contributed by atoms with Gasteiger partial charge in [-0.3, -0.25) is 4.79 Å². The number of hydrogen-bond donors (Lipinski definition) is 1. The lowest BCUT2D eigenvalue weighted by atomic mass is 10.1. The van der Waals surface area contributed by atoms with Crippen molar-refractivity contribution < 1.29 is 23.0 Å². The van der Waals surface area contributed by atoms with E-state index in [1.807, 2.05) is 24.1 Å². The van der Waals surface area contributed by atoms with Gasteiger partial charge in [0.2, 0.25) is 5.91 Å². The number of carbonyl (C=O) groups is 1. The minimum atomic E-state index is -0.710. The van der Waals surface area contributed by atoms with Crippen LogP contribution in [0, 0.1) is 18.6 Å². The van der Waals surface area contributed by atoms with Crippen LogP contribution in [0.3, 0.4) is 0 Å². The van der Waals surface area contributed by atoms with Gasteiger partial charge in [-0.1, -0.05) is 0 Å². The Morgan fingerprint density at radius 2 is 1.57 bits per heavy atom. The number of anilines is 5. The number of nitrogens with one attached hydrogen (secondary N) is 1. The summed E-state index contributed by atoms with van der Waals surface area (Å²) in [5, 5.41) is 3.68. The van der Waals surface area contributed by atoms with Crippen molar-refractivity contribution in [3.05, 3.63) is 41.6 Å². The minimum absolute atomic E-state index is 0.0375.